The van der Waals surface area contributed by atoms with Crippen LogP contribution < -0.4 is 10.2 Å². The second kappa shape index (κ2) is 6.27. The molecule has 2 aromatic rings. The normalized spacial score (nSPS) is 14.4. The fourth-order valence-corrected chi connectivity index (χ4v) is 2.94. The maximum Gasteiger partial charge on any atom is 0.120 e. The molecular weight excluding hydrogens is 284 g/mol. The van der Waals surface area contributed by atoms with Crippen LogP contribution in [0.3, 0.4) is 0 Å². The van der Waals surface area contributed by atoms with Gasteiger partial charge in [0.1, 0.15) is 5.75 Å². The number of nitrogens with one attached hydrogen (secondary N) is 1. The van der Waals surface area contributed by atoms with Gasteiger partial charge in [0.2, 0.25) is 0 Å². The lowest BCUT2D eigenvalue weighted by Gasteiger charge is -2.22. The van der Waals surface area contributed by atoms with Crippen molar-refractivity contribution in [1.29, 1.82) is 0 Å². The van der Waals surface area contributed by atoms with E-state index in [1.54, 1.807) is 18.2 Å². The molecule has 0 saturated carbocycles. The number of phenolic OH excluding ortho intramolecular Hbond substituents is 1. The van der Waals surface area contributed by atoms with Crippen molar-refractivity contribution >= 4 is 23.0 Å². The molecule has 2 aromatic carbocycles. The Bertz CT molecular complexity index is 624. The molecule has 0 aliphatic carbocycles. The number of aromatic hydroxyl groups is 1. The third-order valence-electron chi connectivity index (χ3n) is 3.86. The molecule has 1 aliphatic heterocycles. The largest absolute Gasteiger partial charge is 0.508 e. The van der Waals surface area contributed by atoms with Gasteiger partial charge in [0.05, 0.1) is 11.4 Å². The Hall–Kier alpha value is -1.87. The summed E-state index contributed by atoms with van der Waals surface area (Å²) in [4.78, 5) is 2.40. The first-order valence-corrected chi connectivity index (χ1v) is 7.67. The first-order valence-electron chi connectivity index (χ1n) is 7.29. The molecule has 110 valence electrons. The lowest BCUT2D eigenvalue weighted by Crippen LogP contribution is -2.19. The molecule has 1 fully saturated rings. The molecule has 0 atom stereocenters. The molecule has 0 radical (unpaired) electrons. The Morgan fingerprint density at radius 2 is 1.86 bits per heavy atom. The fraction of sp³-hybridized carbons (Fsp3) is 0.294. The van der Waals surface area contributed by atoms with Crippen LogP contribution in [0.5, 0.6) is 5.75 Å². The number of para-hydroxylation sites is 2. The van der Waals surface area contributed by atoms with Crippen LogP contribution in [-0.2, 0) is 6.54 Å². The van der Waals surface area contributed by atoms with Crippen LogP contribution >= 0.6 is 11.6 Å². The van der Waals surface area contributed by atoms with Crippen molar-refractivity contribution in [3.8, 4) is 5.75 Å². The molecule has 0 amide bonds. The van der Waals surface area contributed by atoms with Crippen molar-refractivity contribution in [1.82, 2.24) is 0 Å². The van der Waals surface area contributed by atoms with Crippen LogP contribution in [0.15, 0.2) is 42.5 Å². The van der Waals surface area contributed by atoms with E-state index in [0.717, 1.165) is 24.3 Å². The molecule has 3 rings (SSSR count). The quantitative estimate of drug-likeness (QED) is 0.886. The number of rotatable bonds is 4. The fourth-order valence-electron chi connectivity index (χ4n) is 2.74. The van der Waals surface area contributed by atoms with E-state index in [-0.39, 0.29) is 5.75 Å². The maximum absolute atomic E-state index is 9.88. The van der Waals surface area contributed by atoms with Gasteiger partial charge in [-0.15, -0.1) is 0 Å². The SMILES string of the molecule is Oc1ccc(Cl)cc1CNc1ccccc1N1CCCC1. The first-order chi connectivity index (χ1) is 10.2. The molecule has 1 heterocycles. The van der Waals surface area contributed by atoms with Crippen LogP contribution in [0.25, 0.3) is 0 Å². The van der Waals surface area contributed by atoms with E-state index in [2.05, 4.69) is 28.4 Å². The third kappa shape index (κ3) is 3.24. The second-order valence-electron chi connectivity index (χ2n) is 5.34. The van der Waals surface area contributed by atoms with E-state index in [0.29, 0.717) is 11.6 Å². The van der Waals surface area contributed by atoms with Crippen molar-refractivity contribution in [2.75, 3.05) is 23.3 Å². The highest BCUT2D eigenvalue weighted by molar-refractivity contribution is 6.30. The molecule has 21 heavy (non-hydrogen) atoms. The van der Waals surface area contributed by atoms with Gasteiger partial charge in [-0.3, -0.25) is 0 Å². The van der Waals surface area contributed by atoms with E-state index >= 15 is 0 Å². The molecule has 0 unspecified atom stereocenters. The molecule has 0 aromatic heterocycles. The zero-order chi connectivity index (χ0) is 14.7. The van der Waals surface area contributed by atoms with Gasteiger partial charge in [0, 0.05) is 30.2 Å². The van der Waals surface area contributed by atoms with Gasteiger partial charge in [-0.05, 0) is 43.2 Å². The van der Waals surface area contributed by atoms with Crippen molar-refractivity contribution < 1.29 is 5.11 Å². The summed E-state index contributed by atoms with van der Waals surface area (Å²) in [5.74, 6) is 0.269. The number of anilines is 2. The summed E-state index contributed by atoms with van der Waals surface area (Å²) in [6.07, 6.45) is 2.51. The lowest BCUT2D eigenvalue weighted by molar-refractivity contribution is 0.469. The van der Waals surface area contributed by atoms with Crippen molar-refractivity contribution in [2.24, 2.45) is 0 Å². The Kier molecular flexibility index (Phi) is 4.20. The zero-order valence-corrected chi connectivity index (χ0v) is 12.6. The van der Waals surface area contributed by atoms with Crippen LogP contribution in [0, 0.1) is 0 Å². The van der Waals surface area contributed by atoms with E-state index in [9.17, 15) is 5.11 Å². The molecule has 0 bridgehead atoms. The summed E-state index contributed by atoms with van der Waals surface area (Å²) in [6, 6.07) is 13.4. The smallest absolute Gasteiger partial charge is 0.120 e. The summed E-state index contributed by atoms with van der Waals surface area (Å²) >= 11 is 5.99. The highest BCUT2D eigenvalue weighted by atomic mass is 35.5. The Labute approximate surface area is 130 Å². The highest BCUT2D eigenvalue weighted by Gasteiger charge is 2.15. The van der Waals surface area contributed by atoms with Crippen molar-refractivity contribution in [2.45, 2.75) is 19.4 Å². The van der Waals surface area contributed by atoms with Crippen molar-refractivity contribution in [3.05, 3.63) is 53.1 Å². The molecule has 2 N–H and O–H groups in total. The topological polar surface area (TPSA) is 35.5 Å². The summed E-state index contributed by atoms with van der Waals surface area (Å²) in [7, 11) is 0. The minimum absolute atomic E-state index is 0.269. The van der Waals surface area contributed by atoms with Gasteiger partial charge < -0.3 is 15.3 Å². The van der Waals surface area contributed by atoms with Gasteiger partial charge >= 0.3 is 0 Å². The minimum Gasteiger partial charge on any atom is -0.508 e. The highest BCUT2D eigenvalue weighted by Crippen LogP contribution is 2.30. The Balaban J connectivity index is 1.77. The number of benzene rings is 2. The number of hydrogen-bond acceptors (Lipinski definition) is 3. The van der Waals surface area contributed by atoms with Gasteiger partial charge in [-0.1, -0.05) is 23.7 Å². The van der Waals surface area contributed by atoms with Gasteiger partial charge in [0.25, 0.3) is 0 Å². The molecule has 3 nitrogen and oxygen atoms in total. The summed E-state index contributed by atoms with van der Waals surface area (Å²) in [5, 5.41) is 13.9. The first kappa shape index (κ1) is 14.1. The summed E-state index contributed by atoms with van der Waals surface area (Å²) < 4.78 is 0. The maximum atomic E-state index is 9.88. The molecule has 0 spiro atoms. The Morgan fingerprint density at radius 3 is 2.67 bits per heavy atom. The minimum atomic E-state index is 0.269. The number of phenols is 1. The van der Waals surface area contributed by atoms with Crippen LogP contribution in [-0.4, -0.2) is 18.2 Å². The van der Waals surface area contributed by atoms with Gasteiger partial charge in [0.15, 0.2) is 0 Å². The predicted molar refractivity (Wildman–Crippen MR) is 88.3 cm³/mol. The molecule has 4 heteroatoms. The van der Waals surface area contributed by atoms with Crippen LogP contribution in [0.1, 0.15) is 18.4 Å². The number of halogens is 1. The van der Waals surface area contributed by atoms with Gasteiger partial charge in [-0.2, -0.15) is 0 Å². The lowest BCUT2D eigenvalue weighted by atomic mass is 10.2. The van der Waals surface area contributed by atoms with E-state index in [1.807, 2.05) is 6.07 Å². The third-order valence-corrected chi connectivity index (χ3v) is 4.10. The van der Waals surface area contributed by atoms with Crippen molar-refractivity contribution in [3.63, 3.8) is 0 Å². The summed E-state index contributed by atoms with van der Waals surface area (Å²) in [6.45, 7) is 2.78. The molecular formula is C17H19ClN2O. The monoisotopic (exact) mass is 302 g/mol. The molecule has 1 saturated heterocycles. The Morgan fingerprint density at radius 1 is 1.10 bits per heavy atom. The number of nitrogens with zero attached hydrogens (tertiary/aromatic N) is 1. The van der Waals surface area contributed by atoms with Crippen LogP contribution in [0.2, 0.25) is 5.02 Å². The summed E-state index contributed by atoms with van der Waals surface area (Å²) in [5.41, 5.74) is 3.13. The second-order valence-corrected chi connectivity index (χ2v) is 5.77. The average molecular weight is 303 g/mol. The van der Waals surface area contributed by atoms with E-state index in [1.165, 1.54) is 18.5 Å². The van der Waals surface area contributed by atoms with E-state index in [4.69, 9.17) is 11.6 Å². The number of hydrogen-bond donors (Lipinski definition) is 2. The van der Waals surface area contributed by atoms with Crippen LogP contribution in [0.4, 0.5) is 11.4 Å². The van der Waals surface area contributed by atoms with Gasteiger partial charge in [-0.25, -0.2) is 0 Å². The standard InChI is InChI=1S/C17H19ClN2O/c18-14-7-8-17(21)13(11-14)12-19-15-5-1-2-6-16(15)20-9-3-4-10-20/h1-2,5-8,11,19,21H,3-4,9-10,12H2. The average Bonchev–Trinajstić information content (AvgIpc) is 3.03. The predicted octanol–water partition coefficient (Wildman–Crippen LogP) is 4.26. The molecule has 1 aliphatic rings. The zero-order valence-electron chi connectivity index (χ0n) is 11.8. The van der Waals surface area contributed by atoms with E-state index < -0.39 is 0 Å².